The van der Waals surface area contributed by atoms with Gasteiger partial charge in [-0.3, -0.25) is 4.79 Å². The summed E-state index contributed by atoms with van der Waals surface area (Å²) >= 11 is 11.9. The average Bonchev–Trinajstić information content (AvgIpc) is 2.74. The predicted molar refractivity (Wildman–Crippen MR) is 77.4 cm³/mol. The van der Waals surface area contributed by atoms with Crippen molar-refractivity contribution in [3.63, 3.8) is 0 Å². The van der Waals surface area contributed by atoms with Crippen molar-refractivity contribution in [3.05, 3.63) is 34.1 Å². The van der Waals surface area contributed by atoms with Crippen LogP contribution in [0, 0.1) is 11.3 Å². The Kier molecular flexibility index (Phi) is 3.22. The van der Waals surface area contributed by atoms with Crippen LogP contribution in [0.4, 0.5) is 0 Å². The minimum absolute atomic E-state index is 0.272. The maximum Gasteiger partial charge on any atom is 0.307 e. The van der Waals surface area contributed by atoms with Crippen molar-refractivity contribution in [2.75, 3.05) is 0 Å². The quantitative estimate of drug-likeness (QED) is 0.926. The first-order chi connectivity index (χ1) is 9.80. The number of carbonyl (C=O) groups is 1. The van der Waals surface area contributed by atoms with Gasteiger partial charge in [0.05, 0.1) is 11.8 Å². The number of carboxylic acid groups (broad SMARTS) is 1. The van der Waals surface area contributed by atoms with Crippen molar-refractivity contribution >= 4 is 29.2 Å². The van der Waals surface area contributed by atoms with Gasteiger partial charge in [-0.15, -0.1) is 0 Å². The van der Waals surface area contributed by atoms with Gasteiger partial charge in [-0.25, -0.2) is 0 Å². The molecule has 0 radical (unpaired) electrons. The number of hydrogen-bond acceptors (Lipinski definition) is 4. The Bertz CT molecular complexity index is 707. The lowest BCUT2D eigenvalue weighted by Crippen LogP contribution is -2.03. The number of halogens is 2. The van der Waals surface area contributed by atoms with E-state index in [1.807, 2.05) is 13.8 Å². The Morgan fingerprint density at radius 2 is 1.90 bits per heavy atom. The molecule has 7 heteroatoms. The minimum Gasteiger partial charge on any atom is -0.481 e. The van der Waals surface area contributed by atoms with Gasteiger partial charge in [-0.1, -0.05) is 42.2 Å². The van der Waals surface area contributed by atoms with Crippen LogP contribution in [0.1, 0.15) is 25.7 Å². The summed E-state index contributed by atoms with van der Waals surface area (Å²) in [5, 5.41) is 14.0. The van der Waals surface area contributed by atoms with Gasteiger partial charge >= 0.3 is 5.97 Å². The standard InChI is InChI=1S/C14H12Cl2N2O3/c1-14(2)9(10(14)13(19)20)12-17-11(18-21-12)6-3-7(15)5-8(16)4-6/h3-5,9-10H,1-2H3,(H,19,20). The molecular formula is C14H12Cl2N2O3. The van der Waals surface area contributed by atoms with E-state index in [1.165, 1.54) is 0 Å². The van der Waals surface area contributed by atoms with Crippen LogP contribution in [0.5, 0.6) is 0 Å². The first-order valence-electron chi connectivity index (χ1n) is 6.33. The molecule has 1 saturated carbocycles. The fourth-order valence-corrected chi connectivity index (χ4v) is 3.25. The highest BCUT2D eigenvalue weighted by atomic mass is 35.5. The summed E-state index contributed by atoms with van der Waals surface area (Å²) in [4.78, 5) is 15.5. The molecule has 21 heavy (non-hydrogen) atoms. The monoisotopic (exact) mass is 326 g/mol. The summed E-state index contributed by atoms with van der Waals surface area (Å²) in [5.74, 6) is -0.949. The summed E-state index contributed by atoms with van der Waals surface area (Å²) in [6.07, 6.45) is 0. The van der Waals surface area contributed by atoms with Gasteiger partial charge in [-0.2, -0.15) is 4.98 Å². The second kappa shape index (κ2) is 4.71. The third-order valence-electron chi connectivity index (χ3n) is 3.92. The van der Waals surface area contributed by atoms with Gasteiger partial charge < -0.3 is 9.63 Å². The molecule has 0 spiro atoms. The third-order valence-corrected chi connectivity index (χ3v) is 4.36. The highest BCUT2D eigenvalue weighted by Gasteiger charge is 2.65. The number of aromatic nitrogens is 2. The van der Waals surface area contributed by atoms with E-state index >= 15 is 0 Å². The van der Waals surface area contributed by atoms with Crippen LogP contribution >= 0.6 is 23.2 Å². The van der Waals surface area contributed by atoms with Crippen molar-refractivity contribution in [3.8, 4) is 11.4 Å². The van der Waals surface area contributed by atoms with E-state index in [2.05, 4.69) is 10.1 Å². The normalized spacial score (nSPS) is 23.0. The Hall–Kier alpha value is -1.59. The fraction of sp³-hybridized carbons (Fsp3) is 0.357. The lowest BCUT2D eigenvalue weighted by Gasteiger charge is -1.97. The van der Waals surface area contributed by atoms with E-state index in [4.69, 9.17) is 27.7 Å². The topological polar surface area (TPSA) is 76.2 Å². The van der Waals surface area contributed by atoms with Crippen LogP contribution in [0.15, 0.2) is 22.7 Å². The van der Waals surface area contributed by atoms with E-state index < -0.39 is 11.9 Å². The molecule has 3 rings (SSSR count). The van der Waals surface area contributed by atoms with Gasteiger partial charge in [0.15, 0.2) is 0 Å². The molecule has 2 aromatic rings. The molecule has 1 fully saturated rings. The van der Waals surface area contributed by atoms with Crippen LogP contribution in [0.3, 0.4) is 0 Å². The molecule has 0 saturated heterocycles. The number of rotatable bonds is 3. The van der Waals surface area contributed by atoms with E-state index in [0.29, 0.717) is 27.3 Å². The first kappa shape index (κ1) is 14.4. The molecule has 0 amide bonds. The number of aliphatic carboxylic acids is 1. The van der Waals surface area contributed by atoms with Crippen molar-refractivity contribution in [2.45, 2.75) is 19.8 Å². The van der Waals surface area contributed by atoms with E-state index in [1.54, 1.807) is 18.2 Å². The summed E-state index contributed by atoms with van der Waals surface area (Å²) in [5.41, 5.74) is 0.245. The van der Waals surface area contributed by atoms with Crippen molar-refractivity contribution in [2.24, 2.45) is 11.3 Å². The molecule has 1 aliphatic carbocycles. The average molecular weight is 327 g/mol. The van der Waals surface area contributed by atoms with Gasteiger partial charge in [-0.05, 0) is 23.6 Å². The van der Waals surface area contributed by atoms with Gasteiger partial charge in [0.1, 0.15) is 0 Å². The second-order valence-electron chi connectivity index (χ2n) is 5.73. The fourth-order valence-electron chi connectivity index (χ4n) is 2.72. The summed E-state index contributed by atoms with van der Waals surface area (Å²) in [6.45, 7) is 3.74. The number of benzene rings is 1. The molecular weight excluding hydrogens is 315 g/mol. The Morgan fingerprint density at radius 1 is 1.29 bits per heavy atom. The molecule has 5 nitrogen and oxygen atoms in total. The molecule has 110 valence electrons. The van der Waals surface area contributed by atoms with Crippen LogP contribution in [0.2, 0.25) is 10.0 Å². The van der Waals surface area contributed by atoms with Crippen molar-refractivity contribution in [1.29, 1.82) is 0 Å². The third kappa shape index (κ3) is 2.40. The summed E-state index contributed by atoms with van der Waals surface area (Å²) < 4.78 is 5.23. The highest BCUT2D eigenvalue weighted by Crippen LogP contribution is 2.64. The zero-order valence-corrected chi connectivity index (χ0v) is 12.8. The van der Waals surface area contributed by atoms with Gasteiger partial charge in [0.25, 0.3) is 0 Å². The molecule has 2 unspecified atom stereocenters. The lowest BCUT2D eigenvalue weighted by molar-refractivity contribution is -0.139. The van der Waals surface area contributed by atoms with Gasteiger partial charge in [0, 0.05) is 15.6 Å². The molecule has 2 atom stereocenters. The molecule has 0 aliphatic heterocycles. The van der Waals surface area contributed by atoms with Crippen LogP contribution < -0.4 is 0 Å². The van der Waals surface area contributed by atoms with Gasteiger partial charge in [0.2, 0.25) is 11.7 Å². The lowest BCUT2D eigenvalue weighted by atomic mass is 10.1. The summed E-state index contributed by atoms with van der Waals surface area (Å²) in [7, 11) is 0. The predicted octanol–water partition coefficient (Wildman–Crippen LogP) is 3.87. The van der Waals surface area contributed by atoms with E-state index in [-0.39, 0.29) is 11.3 Å². The largest absolute Gasteiger partial charge is 0.481 e. The smallest absolute Gasteiger partial charge is 0.307 e. The minimum atomic E-state index is -0.851. The number of nitrogens with zero attached hydrogens (tertiary/aromatic N) is 2. The Morgan fingerprint density at radius 3 is 2.43 bits per heavy atom. The van der Waals surface area contributed by atoms with Crippen molar-refractivity contribution < 1.29 is 14.4 Å². The molecule has 1 heterocycles. The molecule has 1 aromatic heterocycles. The van der Waals surface area contributed by atoms with Crippen LogP contribution in [-0.2, 0) is 4.79 Å². The number of carboxylic acids is 1. The highest BCUT2D eigenvalue weighted by molar-refractivity contribution is 6.35. The Labute approximate surface area is 130 Å². The van der Waals surface area contributed by atoms with Crippen molar-refractivity contribution in [1.82, 2.24) is 10.1 Å². The second-order valence-corrected chi connectivity index (χ2v) is 6.60. The number of hydrogen-bond donors (Lipinski definition) is 1. The van der Waals surface area contributed by atoms with Crippen LogP contribution in [0.25, 0.3) is 11.4 Å². The maximum absolute atomic E-state index is 11.2. The van der Waals surface area contributed by atoms with E-state index in [9.17, 15) is 9.90 Å². The van der Waals surface area contributed by atoms with Crippen LogP contribution in [-0.4, -0.2) is 21.2 Å². The molecule has 1 aliphatic rings. The molecule has 0 bridgehead atoms. The maximum atomic E-state index is 11.2. The molecule has 1 aromatic carbocycles. The Balaban J connectivity index is 1.93. The molecule has 1 N–H and O–H groups in total. The first-order valence-corrected chi connectivity index (χ1v) is 7.09. The zero-order chi connectivity index (χ0) is 15.4. The zero-order valence-electron chi connectivity index (χ0n) is 11.3. The summed E-state index contributed by atoms with van der Waals surface area (Å²) in [6, 6.07) is 4.96. The SMILES string of the molecule is CC1(C)C(C(=O)O)C1c1nc(-c2cc(Cl)cc(Cl)c2)no1. The van der Waals surface area contributed by atoms with E-state index in [0.717, 1.165) is 0 Å².